The predicted molar refractivity (Wildman–Crippen MR) is 78.5 cm³/mol. The molecule has 1 saturated heterocycles. The lowest BCUT2D eigenvalue weighted by Gasteiger charge is -2.14. The Balaban J connectivity index is 2.14. The molecule has 0 aromatic carbocycles. The monoisotopic (exact) mass is 284 g/mol. The maximum absolute atomic E-state index is 11.1. The van der Waals surface area contributed by atoms with Crippen LogP contribution in [0.25, 0.3) is 0 Å². The van der Waals surface area contributed by atoms with Crippen molar-refractivity contribution in [1.29, 1.82) is 0 Å². The third-order valence-electron chi connectivity index (χ3n) is 3.85. The Kier molecular flexibility index (Phi) is 7.77. The van der Waals surface area contributed by atoms with Crippen LogP contribution in [0.5, 0.6) is 0 Å². The molecule has 0 saturated carbocycles. The Labute approximate surface area is 121 Å². The summed E-state index contributed by atoms with van der Waals surface area (Å²) in [7, 11) is 0. The lowest BCUT2D eigenvalue weighted by molar-refractivity contribution is -0.139. The summed E-state index contributed by atoms with van der Waals surface area (Å²) in [6, 6.07) is -0.787. The highest BCUT2D eigenvalue weighted by Crippen LogP contribution is 2.15. The average molecular weight is 284 g/mol. The quantitative estimate of drug-likeness (QED) is 0.422. The number of carboxylic acid groups (broad SMARTS) is 1. The summed E-state index contributed by atoms with van der Waals surface area (Å²) in [5, 5.41) is 14.9. The van der Waals surface area contributed by atoms with Gasteiger partial charge in [0.1, 0.15) is 12.2 Å². The van der Waals surface area contributed by atoms with Crippen molar-refractivity contribution in [1.82, 2.24) is 10.6 Å². The molecule has 3 N–H and O–H groups in total. The van der Waals surface area contributed by atoms with Crippen LogP contribution >= 0.6 is 0 Å². The molecule has 0 aliphatic carbocycles. The molecule has 1 heterocycles. The fraction of sp³-hybridized carbons (Fsp3) is 0.867. The highest BCUT2D eigenvalue weighted by Gasteiger charge is 2.36. The van der Waals surface area contributed by atoms with Gasteiger partial charge in [-0.05, 0) is 12.3 Å². The molecule has 5 heteroatoms. The maximum Gasteiger partial charge on any atom is 0.322 e. The van der Waals surface area contributed by atoms with Gasteiger partial charge >= 0.3 is 5.97 Å². The molecule has 1 fully saturated rings. The minimum absolute atomic E-state index is 0.140. The molecule has 0 radical (unpaired) electrons. The van der Waals surface area contributed by atoms with E-state index in [0.717, 1.165) is 31.5 Å². The summed E-state index contributed by atoms with van der Waals surface area (Å²) in [6.07, 6.45) is 8.19. The van der Waals surface area contributed by atoms with Crippen molar-refractivity contribution >= 4 is 12.3 Å². The van der Waals surface area contributed by atoms with Gasteiger partial charge in [-0.1, -0.05) is 52.4 Å². The van der Waals surface area contributed by atoms with Crippen molar-refractivity contribution in [2.75, 3.05) is 0 Å². The first-order valence-corrected chi connectivity index (χ1v) is 7.74. The van der Waals surface area contributed by atoms with Crippen LogP contribution in [0, 0.1) is 5.92 Å². The Morgan fingerprint density at radius 3 is 2.40 bits per heavy atom. The molecule has 116 valence electrons. The smallest absolute Gasteiger partial charge is 0.322 e. The van der Waals surface area contributed by atoms with Gasteiger partial charge in [-0.2, -0.15) is 0 Å². The van der Waals surface area contributed by atoms with Gasteiger partial charge in [0.25, 0.3) is 0 Å². The molecule has 0 bridgehead atoms. The second kappa shape index (κ2) is 9.08. The first-order chi connectivity index (χ1) is 9.54. The normalized spacial score (nSPS) is 26.1. The SMILES string of the molecule is CC(C)CCCCCCCC1NC(C=O)NC1C(=O)O. The molecule has 0 aromatic heterocycles. The van der Waals surface area contributed by atoms with Crippen molar-refractivity contribution in [2.45, 2.75) is 77.0 Å². The van der Waals surface area contributed by atoms with Crippen LogP contribution in [0.4, 0.5) is 0 Å². The third kappa shape index (κ3) is 6.01. The second-order valence-corrected chi connectivity index (χ2v) is 6.11. The fourth-order valence-corrected chi connectivity index (χ4v) is 2.70. The van der Waals surface area contributed by atoms with E-state index >= 15 is 0 Å². The van der Waals surface area contributed by atoms with Crippen molar-refractivity contribution in [3.63, 3.8) is 0 Å². The summed E-state index contributed by atoms with van der Waals surface area (Å²) < 4.78 is 0. The number of hydrogen-bond donors (Lipinski definition) is 3. The van der Waals surface area contributed by atoms with Gasteiger partial charge in [0.15, 0.2) is 6.29 Å². The molecule has 5 nitrogen and oxygen atoms in total. The number of aliphatic carboxylic acids is 1. The van der Waals surface area contributed by atoms with E-state index in [-0.39, 0.29) is 6.04 Å². The van der Waals surface area contributed by atoms with E-state index < -0.39 is 18.2 Å². The van der Waals surface area contributed by atoms with Crippen LogP contribution in [-0.4, -0.2) is 35.6 Å². The Bertz CT molecular complexity index is 307. The minimum Gasteiger partial charge on any atom is -0.480 e. The van der Waals surface area contributed by atoms with Crippen molar-refractivity contribution in [3.8, 4) is 0 Å². The van der Waals surface area contributed by atoms with E-state index in [2.05, 4.69) is 24.5 Å². The summed E-state index contributed by atoms with van der Waals surface area (Å²) in [6.45, 7) is 4.49. The van der Waals surface area contributed by atoms with Crippen molar-refractivity contribution in [2.24, 2.45) is 5.92 Å². The standard InChI is InChI=1S/C15H28N2O3/c1-11(2)8-6-4-3-5-7-9-12-14(15(19)20)17-13(10-18)16-12/h10-14,16-17H,3-9H2,1-2H3,(H,19,20). The Morgan fingerprint density at radius 1 is 1.15 bits per heavy atom. The van der Waals surface area contributed by atoms with Gasteiger partial charge < -0.3 is 9.90 Å². The Hall–Kier alpha value is -0.940. The van der Waals surface area contributed by atoms with Crippen molar-refractivity contribution in [3.05, 3.63) is 0 Å². The molecule has 1 aliphatic rings. The number of carbonyl (C=O) groups is 2. The lowest BCUT2D eigenvalue weighted by atomic mass is 10.0. The van der Waals surface area contributed by atoms with E-state index in [1.54, 1.807) is 0 Å². The van der Waals surface area contributed by atoms with E-state index in [4.69, 9.17) is 5.11 Å². The van der Waals surface area contributed by atoms with E-state index in [9.17, 15) is 9.59 Å². The molecule has 0 amide bonds. The van der Waals surface area contributed by atoms with Crippen LogP contribution in [0.2, 0.25) is 0 Å². The highest BCUT2D eigenvalue weighted by molar-refractivity contribution is 5.76. The number of aldehydes is 1. The van der Waals surface area contributed by atoms with Crippen LogP contribution < -0.4 is 10.6 Å². The predicted octanol–water partition coefficient (Wildman–Crippen LogP) is 1.91. The van der Waals surface area contributed by atoms with Crippen LogP contribution in [0.15, 0.2) is 0 Å². The summed E-state index contributed by atoms with van der Waals surface area (Å²) in [5.74, 6) is -0.107. The zero-order chi connectivity index (χ0) is 15.0. The van der Waals surface area contributed by atoms with Crippen molar-refractivity contribution < 1.29 is 14.7 Å². The Morgan fingerprint density at radius 2 is 1.80 bits per heavy atom. The molecule has 3 atom stereocenters. The van der Waals surface area contributed by atoms with E-state index in [0.29, 0.717) is 0 Å². The van der Waals surface area contributed by atoms with Gasteiger partial charge in [0, 0.05) is 6.04 Å². The number of hydrogen-bond acceptors (Lipinski definition) is 4. The molecule has 0 aromatic rings. The third-order valence-corrected chi connectivity index (χ3v) is 3.85. The summed E-state index contributed by atoms with van der Waals surface area (Å²) >= 11 is 0. The number of nitrogens with one attached hydrogen (secondary N) is 2. The molecule has 3 unspecified atom stereocenters. The number of unbranched alkanes of at least 4 members (excludes halogenated alkanes) is 4. The molecular formula is C15H28N2O3. The van der Waals surface area contributed by atoms with Gasteiger partial charge in [-0.3, -0.25) is 15.4 Å². The topological polar surface area (TPSA) is 78.4 Å². The average Bonchev–Trinajstić information content (AvgIpc) is 2.80. The van der Waals surface area contributed by atoms with Gasteiger partial charge in [-0.25, -0.2) is 0 Å². The first-order valence-electron chi connectivity index (χ1n) is 7.74. The minimum atomic E-state index is -0.885. The van der Waals surface area contributed by atoms with Gasteiger partial charge in [0.05, 0.1) is 0 Å². The second-order valence-electron chi connectivity index (χ2n) is 6.11. The summed E-state index contributed by atoms with van der Waals surface area (Å²) in [4.78, 5) is 21.8. The largest absolute Gasteiger partial charge is 0.480 e. The highest BCUT2D eigenvalue weighted by atomic mass is 16.4. The molecule has 1 rings (SSSR count). The lowest BCUT2D eigenvalue weighted by Crippen LogP contribution is -2.40. The number of carbonyl (C=O) groups excluding carboxylic acids is 1. The fourth-order valence-electron chi connectivity index (χ4n) is 2.70. The number of carboxylic acids is 1. The van der Waals surface area contributed by atoms with Gasteiger partial charge in [-0.15, -0.1) is 0 Å². The molecule has 0 spiro atoms. The summed E-state index contributed by atoms with van der Waals surface area (Å²) in [5.41, 5.74) is 0. The van der Waals surface area contributed by atoms with Crippen LogP contribution in [-0.2, 0) is 9.59 Å². The van der Waals surface area contributed by atoms with E-state index in [1.165, 1.54) is 25.7 Å². The van der Waals surface area contributed by atoms with E-state index in [1.807, 2.05) is 0 Å². The maximum atomic E-state index is 11.1. The van der Waals surface area contributed by atoms with Crippen LogP contribution in [0.3, 0.4) is 0 Å². The zero-order valence-corrected chi connectivity index (χ0v) is 12.6. The van der Waals surface area contributed by atoms with Crippen LogP contribution in [0.1, 0.15) is 58.8 Å². The number of rotatable bonds is 10. The zero-order valence-electron chi connectivity index (χ0n) is 12.6. The molecule has 20 heavy (non-hydrogen) atoms. The molecule has 1 aliphatic heterocycles. The first kappa shape index (κ1) is 17.1. The molecular weight excluding hydrogens is 256 g/mol. The van der Waals surface area contributed by atoms with Gasteiger partial charge in [0.2, 0.25) is 0 Å².